The Morgan fingerprint density at radius 2 is 1.74 bits per heavy atom. The summed E-state index contributed by atoms with van der Waals surface area (Å²) in [6.45, 7) is 12.5. The number of benzene rings is 2. The predicted molar refractivity (Wildman–Crippen MR) is 135 cm³/mol. The molecule has 0 aliphatic heterocycles. The van der Waals surface area contributed by atoms with E-state index < -0.39 is 0 Å². The van der Waals surface area contributed by atoms with Gasteiger partial charge in [0.1, 0.15) is 0 Å². The van der Waals surface area contributed by atoms with Crippen molar-refractivity contribution in [1.29, 1.82) is 0 Å². The number of pyridine rings is 1. The molecule has 0 fully saturated rings. The molecule has 31 heavy (non-hydrogen) atoms. The molecule has 1 aromatic heterocycles. The van der Waals surface area contributed by atoms with Crippen LogP contribution in [0.25, 0.3) is 10.9 Å². The third kappa shape index (κ3) is 5.71. The van der Waals surface area contributed by atoms with E-state index in [1.165, 1.54) is 5.56 Å². The van der Waals surface area contributed by atoms with Gasteiger partial charge in [-0.2, -0.15) is 0 Å². The molecule has 0 unspecified atom stereocenters. The minimum absolute atomic E-state index is 0.0587. The van der Waals surface area contributed by atoms with Crippen molar-refractivity contribution in [1.82, 2.24) is 14.8 Å². The number of hydrogen-bond acceptors (Lipinski definition) is 3. The molecule has 1 heterocycles. The largest absolute Gasteiger partial charge is 0.343 e. The van der Waals surface area contributed by atoms with Crippen LogP contribution in [0.15, 0.2) is 53.3 Å². The molecule has 0 aliphatic rings. The maximum atomic E-state index is 12.9. The van der Waals surface area contributed by atoms with Crippen molar-refractivity contribution in [2.24, 2.45) is 0 Å². The average molecular weight is 437 g/mol. The Morgan fingerprint density at radius 3 is 2.42 bits per heavy atom. The smallest absolute Gasteiger partial charge is 0.253 e. The lowest BCUT2D eigenvalue weighted by molar-refractivity contribution is 0.266. The highest BCUT2D eigenvalue weighted by Crippen LogP contribution is 2.19. The molecule has 0 spiro atoms. The van der Waals surface area contributed by atoms with Crippen LogP contribution in [-0.2, 0) is 6.54 Å². The fourth-order valence-electron chi connectivity index (χ4n) is 3.67. The van der Waals surface area contributed by atoms with Crippen molar-refractivity contribution in [3.05, 3.63) is 75.6 Å². The summed E-state index contributed by atoms with van der Waals surface area (Å²) >= 11 is 5.74. The summed E-state index contributed by atoms with van der Waals surface area (Å²) in [7, 11) is 0. The number of hydrogen-bond donors (Lipinski definition) is 2. The molecule has 2 aromatic carbocycles. The number of H-pyrrole nitrogens is 1. The number of likely N-dealkylation sites (N-methyl/N-ethyl adjacent to an activating group) is 1. The van der Waals surface area contributed by atoms with Crippen molar-refractivity contribution < 1.29 is 0 Å². The first kappa shape index (κ1) is 23.0. The highest BCUT2D eigenvalue weighted by atomic mass is 32.1. The first-order valence-corrected chi connectivity index (χ1v) is 11.3. The van der Waals surface area contributed by atoms with Gasteiger partial charge in [0.2, 0.25) is 0 Å². The lowest BCUT2D eigenvalue weighted by Gasteiger charge is -2.29. The van der Waals surface area contributed by atoms with Gasteiger partial charge >= 0.3 is 0 Å². The molecule has 0 saturated carbocycles. The third-order valence-corrected chi connectivity index (χ3v) is 6.24. The lowest BCUT2D eigenvalue weighted by atomic mass is 10.0. The number of fused-ring (bicyclic) bond motifs is 1. The minimum Gasteiger partial charge on any atom is -0.343 e. The van der Waals surface area contributed by atoms with E-state index in [-0.39, 0.29) is 5.56 Å². The molecule has 3 rings (SSSR count). The number of aromatic nitrogens is 1. The molecule has 5 nitrogen and oxygen atoms in total. The van der Waals surface area contributed by atoms with Crippen molar-refractivity contribution in [3.8, 4) is 0 Å². The summed E-state index contributed by atoms with van der Waals surface area (Å²) in [5.41, 5.74) is 4.79. The van der Waals surface area contributed by atoms with Crippen molar-refractivity contribution in [2.45, 2.75) is 34.2 Å². The molecular weight excluding hydrogens is 404 g/mol. The molecule has 6 heteroatoms. The topological polar surface area (TPSA) is 51.4 Å². The lowest BCUT2D eigenvalue weighted by Crippen LogP contribution is -2.41. The molecule has 3 aromatic rings. The molecule has 0 atom stereocenters. The molecule has 2 N–H and O–H groups in total. The third-order valence-electron chi connectivity index (χ3n) is 5.88. The van der Waals surface area contributed by atoms with E-state index in [0.29, 0.717) is 17.2 Å². The fourth-order valence-corrected chi connectivity index (χ4v) is 3.95. The standard InChI is InChI=1S/C25H32N4OS/c1-5-28(6-2)14-15-29(25(31)26-22-10-8-7-9-11-22)17-21-16-20-13-12-18(3)19(4)23(20)27-24(21)30/h7-13,16H,5-6,14-15,17H2,1-4H3,(H,26,31)(H,27,30). The highest BCUT2D eigenvalue weighted by Gasteiger charge is 2.15. The number of aryl methyl sites for hydroxylation is 2. The molecule has 0 bridgehead atoms. The number of anilines is 1. The number of thiocarbonyl (C=S) groups is 1. The van der Waals surface area contributed by atoms with E-state index >= 15 is 0 Å². The molecule has 0 radical (unpaired) electrons. The SMILES string of the molecule is CCN(CC)CCN(Cc1cc2ccc(C)c(C)c2[nH]c1=O)C(=S)Nc1ccccc1. The second-order valence-corrected chi connectivity index (χ2v) is 8.23. The van der Waals surface area contributed by atoms with Crippen LogP contribution in [-0.4, -0.2) is 46.1 Å². The summed E-state index contributed by atoms with van der Waals surface area (Å²) in [5.74, 6) is 0. The quantitative estimate of drug-likeness (QED) is 0.502. The average Bonchev–Trinajstić information content (AvgIpc) is 2.77. The highest BCUT2D eigenvalue weighted by molar-refractivity contribution is 7.80. The minimum atomic E-state index is -0.0587. The number of rotatable bonds is 8. The first-order valence-electron chi connectivity index (χ1n) is 10.9. The van der Waals surface area contributed by atoms with Crippen molar-refractivity contribution in [3.63, 3.8) is 0 Å². The van der Waals surface area contributed by atoms with Crippen LogP contribution in [0.2, 0.25) is 0 Å². The molecule has 0 aliphatic carbocycles. The Morgan fingerprint density at radius 1 is 1.03 bits per heavy atom. The maximum Gasteiger partial charge on any atom is 0.253 e. The van der Waals surface area contributed by atoms with Gasteiger partial charge in [-0.05, 0) is 73.9 Å². The van der Waals surface area contributed by atoms with Crippen LogP contribution in [0.3, 0.4) is 0 Å². The zero-order valence-electron chi connectivity index (χ0n) is 18.9. The Hall–Kier alpha value is -2.70. The second kappa shape index (κ2) is 10.6. The van der Waals surface area contributed by atoms with E-state index in [1.807, 2.05) is 43.3 Å². The number of para-hydroxylation sites is 1. The van der Waals surface area contributed by atoms with Crippen LogP contribution in [0.1, 0.15) is 30.5 Å². The summed E-state index contributed by atoms with van der Waals surface area (Å²) in [5, 5.41) is 4.99. The number of aromatic amines is 1. The summed E-state index contributed by atoms with van der Waals surface area (Å²) in [4.78, 5) is 20.4. The molecule has 0 amide bonds. The molecule has 0 saturated heterocycles. The summed E-state index contributed by atoms with van der Waals surface area (Å²) in [6, 6.07) is 16.1. The Balaban J connectivity index is 1.88. The van der Waals surface area contributed by atoms with Gasteiger partial charge in [-0.15, -0.1) is 0 Å². The first-order chi connectivity index (χ1) is 14.9. The van der Waals surface area contributed by atoms with Gasteiger partial charge in [-0.1, -0.05) is 44.2 Å². The molecular formula is C25H32N4OS. The van der Waals surface area contributed by atoms with E-state index in [1.54, 1.807) is 0 Å². The van der Waals surface area contributed by atoms with Crippen LogP contribution in [0, 0.1) is 13.8 Å². The van der Waals surface area contributed by atoms with Crippen molar-refractivity contribution in [2.75, 3.05) is 31.5 Å². The van der Waals surface area contributed by atoms with Crippen LogP contribution in [0.4, 0.5) is 5.69 Å². The van der Waals surface area contributed by atoms with Gasteiger partial charge in [-0.25, -0.2) is 0 Å². The van der Waals surface area contributed by atoms with Gasteiger partial charge < -0.3 is 20.1 Å². The maximum absolute atomic E-state index is 12.9. The van der Waals surface area contributed by atoms with Crippen LogP contribution < -0.4 is 10.9 Å². The Bertz CT molecular complexity index is 1090. The van der Waals surface area contributed by atoms with E-state index in [4.69, 9.17) is 12.2 Å². The fraction of sp³-hybridized carbons (Fsp3) is 0.360. The Labute approximate surface area is 190 Å². The monoisotopic (exact) mass is 436 g/mol. The Kier molecular flexibility index (Phi) is 7.82. The van der Waals surface area contributed by atoms with Crippen LogP contribution >= 0.6 is 12.2 Å². The molecule has 164 valence electrons. The zero-order valence-corrected chi connectivity index (χ0v) is 19.7. The summed E-state index contributed by atoms with van der Waals surface area (Å²) in [6.07, 6.45) is 0. The number of nitrogens with one attached hydrogen (secondary N) is 2. The van der Waals surface area contributed by atoms with E-state index in [9.17, 15) is 4.79 Å². The van der Waals surface area contributed by atoms with Crippen LogP contribution in [0.5, 0.6) is 0 Å². The van der Waals surface area contributed by atoms with Gasteiger partial charge in [-0.3, -0.25) is 4.79 Å². The van der Waals surface area contributed by atoms with E-state index in [2.05, 4.69) is 53.0 Å². The number of nitrogens with zero attached hydrogens (tertiary/aromatic N) is 2. The van der Waals surface area contributed by atoms with Gasteiger partial charge in [0.15, 0.2) is 5.11 Å². The van der Waals surface area contributed by atoms with Gasteiger partial charge in [0.25, 0.3) is 5.56 Å². The zero-order chi connectivity index (χ0) is 22.4. The van der Waals surface area contributed by atoms with Gasteiger partial charge in [0.05, 0.1) is 12.1 Å². The van der Waals surface area contributed by atoms with E-state index in [0.717, 1.165) is 48.3 Å². The van der Waals surface area contributed by atoms with Crippen molar-refractivity contribution >= 4 is 33.9 Å². The second-order valence-electron chi connectivity index (χ2n) is 7.84. The predicted octanol–water partition coefficient (Wildman–Crippen LogP) is 4.69. The normalized spacial score (nSPS) is 11.1. The van der Waals surface area contributed by atoms with Gasteiger partial charge in [0, 0.05) is 24.3 Å². The summed E-state index contributed by atoms with van der Waals surface area (Å²) < 4.78 is 0.